The van der Waals surface area contributed by atoms with Gasteiger partial charge in [0.25, 0.3) is 0 Å². The normalized spacial score (nSPS) is 12.4. The minimum absolute atomic E-state index is 0.0712. The summed E-state index contributed by atoms with van der Waals surface area (Å²) in [6.07, 6.45) is -3.44. The van der Waals surface area contributed by atoms with Crippen LogP contribution in [-0.4, -0.2) is 19.8 Å². The molecular formula is C16H16F3NO3S. The number of nitrogens with one attached hydrogen (secondary N) is 1. The first-order valence-electron chi connectivity index (χ1n) is 6.95. The van der Waals surface area contributed by atoms with Gasteiger partial charge in [0.15, 0.2) is 0 Å². The molecule has 4 nitrogen and oxygen atoms in total. The summed E-state index contributed by atoms with van der Waals surface area (Å²) < 4.78 is 62.9. The van der Waals surface area contributed by atoms with Crippen LogP contribution in [0.15, 0.2) is 42.5 Å². The van der Waals surface area contributed by atoms with Crippen molar-refractivity contribution >= 4 is 10.0 Å². The van der Waals surface area contributed by atoms with Gasteiger partial charge in [-0.2, -0.15) is 13.2 Å². The van der Waals surface area contributed by atoms with E-state index in [0.29, 0.717) is 16.7 Å². The highest BCUT2D eigenvalue weighted by molar-refractivity contribution is 7.88. The van der Waals surface area contributed by atoms with Crippen molar-refractivity contribution in [2.45, 2.75) is 19.3 Å². The molecule has 0 aliphatic rings. The fourth-order valence-electron chi connectivity index (χ4n) is 2.25. The summed E-state index contributed by atoms with van der Waals surface area (Å²) in [5, 5.41) is 9.39. The molecule has 0 aromatic heterocycles. The van der Waals surface area contributed by atoms with Crippen molar-refractivity contribution < 1.29 is 26.7 Å². The summed E-state index contributed by atoms with van der Waals surface area (Å²) in [4.78, 5) is 0. The van der Waals surface area contributed by atoms with Gasteiger partial charge >= 0.3 is 6.18 Å². The SMILES string of the molecule is CS(=O)(=O)NCc1cccc(-c2ccc(C(F)(F)F)cc2CO)c1. The largest absolute Gasteiger partial charge is 0.416 e. The molecule has 0 aliphatic heterocycles. The van der Waals surface area contributed by atoms with E-state index in [0.717, 1.165) is 18.4 Å². The highest BCUT2D eigenvalue weighted by atomic mass is 32.2. The Morgan fingerprint density at radius 3 is 2.42 bits per heavy atom. The number of halogens is 3. The summed E-state index contributed by atoms with van der Waals surface area (Å²) in [6, 6.07) is 9.90. The van der Waals surface area contributed by atoms with Crippen molar-refractivity contribution in [3.8, 4) is 11.1 Å². The molecule has 2 aromatic rings. The van der Waals surface area contributed by atoms with E-state index < -0.39 is 28.4 Å². The van der Waals surface area contributed by atoms with Gasteiger partial charge in [-0.05, 0) is 40.5 Å². The van der Waals surface area contributed by atoms with Crippen LogP contribution in [0.25, 0.3) is 11.1 Å². The molecule has 0 spiro atoms. The first kappa shape index (κ1) is 18.4. The Morgan fingerprint density at radius 2 is 1.83 bits per heavy atom. The van der Waals surface area contributed by atoms with Crippen molar-refractivity contribution in [1.82, 2.24) is 4.72 Å². The average Bonchev–Trinajstić information content (AvgIpc) is 2.51. The van der Waals surface area contributed by atoms with Crippen molar-refractivity contribution in [2.24, 2.45) is 0 Å². The van der Waals surface area contributed by atoms with Gasteiger partial charge in [0.05, 0.1) is 18.4 Å². The lowest BCUT2D eigenvalue weighted by atomic mass is 9.96. The topological polar surface area (TPSA) is 66.4 Å². The monoisotopic (exact) mass is 359 g/mol. The third-order valence-electron chi connectivity index (χ3n) is 3.38. The maximum Gasteiger partial charge on any atom is 0.416 e. The zero-order valence-corrected chi connectivity index (χ0v) is 13.6. The molecule has 0 saturated carbocycles. The van der Waals surface area contributed by atoms with E-state index in [2.05, 4.69) is 4.72 Å². The van der Waals surface area contributed by atoms with Crippen LogP contribution in [-0.2, 0) is 29.4 Å². The molecule has 0 radical (unpaired) electrons. The second-order valence-corrected chi connectivity index (χ2v) is 7.15. The van der Waals surface area contributed by atoms with Crippen molar-refractivity contribution in [3.05, 3.63) is 59.2 Å². The molecule has 2 rings (SSSR count). The van der Waals surface area contributed by atoms with E-state index >= 15 is 0 Å². The molecular weight excluding hydrogens is 343 g/mol. The third kappa shape index (κ3) is 4.80. The van der Waals surface area contributed by atoms with Gasteiger partial charge in [-0.25, -0.2) is 13.1 Å². The molecule has 0 amide bonds. The number of benzene rings is 2. The summed E-state index contributed by atoms with van der Waals surface area (Å²) in [5.74, 6) is 0. The van der Waals surface area contributed by atoms with Crippen LogP contribution in [0.4, 0.5) is 13.2 Å². The van der Waals surface area contributed by atoms with Crippen LogP contribution < -0.4 is 4.72 Å². The number of aliphatic hydroxyl groups is 1. The van der Waals surface area contributed by atoms with Crippen LogP contribution in [0, 0.1) is 0 Å². The number of hydrogen-bond acceptors (Lipinski definition) is 3. The fourth-order valence-corrected chi connectivity index (χ4v) is 2.67. The Balaban J connectivity index is 2.38. The second-order valence-electron chi connectivity index (χ2n) is 5.32. The number of hydrogen-bond donors (Lipinski definition) is 2. The number of rotatable bonds is 5. The van der Waals surface area contributed by atoms with Crippen LogP contribution in [0.3, 0.4) is 0 Å². The van der Waals surface area contributed by atoms with E-state index in [1.807, 2.05) is 0 Å². The molecule has 0 unspecified atom stereocenters. The van der Waals surface area contributed by atoms with Crippen molar-refractivity contribution in [2.75, 3.05) is 6.26 Å². The highest BCUT2D eigenvalue weighted by Gasteiger charge is 2.31. The Labute approximate surface area is 138 Å². The number of alkyl halides is 3. The predicted octanol–water partition coefficient (Wildman–Crippen LogP) is 2.91. The lowest BCUT2D eigenvalue weighted by Crippen LogP contribution is -2.21. The predicted molar refractivity (Wildman–Crippen MR) is 84.5 cm³/mol. The molecule has 0 fully saturated rings. The van der Waals surface area contributed by atoms with Crippen molar-refractivity contribution in [1.29, 1.82) is 0 Å². The molecule has 0 bridgehead atoms. The first-order chi connectivity index (χ1) is 11.1. The number of sulfonamides is 1. The van der Waals surface area contributed by atoms with Crippen LogP contribution in [0.1, 0.15) is 16.7 Å². The standard InChI is InChI=1S/C16H16F3NO3S/c1-24(22,23)20-9-11-3-2-4-12(7-11)15-6-5-14(16(17,18)19)8-13(15)10-21/h2-8,20-21H,9-10H2,1H3. The summed E-state index contributed by atoms with van der Waals surface area (Å²) in [7, 11) is -3.35. The maximum atomic E-state index is 12.8. The maximum absolute atomic E-state index is 12.8. The third-order valence-corrected chi connectivity index (χ3v) is 4.05. The molecule has 24 heavy (non-hydrogen) atoms. The molecule has 2 N–H and O–H groups in total. The van der Waals surface area contributed by atoms with Gasteiger partial charge in [-0.1, -0.05) is 24.3 Å². The molecule has 130 valence electrons. The molecule has 0 aliphatic carbocycles. The summed E-state index contributed by atoms with van der Waals surface area (Å²) in [6.45, 7) is -0.465. The van der Waals surface area contributed by atoms with E-state index in [1.165, 1.54) is 6.07 Å². The Bertz CT molecular complexity index is 833. The molecule has 0 saturated heterocycles. The van der Waals surface area contributed by atoms with Gasteiger partial charge in [0.2, 0.25) is 10.0 Å². The Kier molecular flexibility index (Phi) is 5.32. The van der Waals surface area contributed by atoms with Crippen LogP contribution in [0.5, 0.6) is 0 Å². The van der Waals surface area contributed by atoms with Gasteiger partial charge in [-0.3, -0.25) is 0 Å². The molecule has 2 aromatic carbocycles. The van der Waals surface area contributed by atoms with Gasteiger partial charge in [-0.15, -0.1) is 0 Å². The zero-order valence-electron chi connectivity index (χ0n) is 12.8. The van der Waals surface area contributed by atoms with Crippen LogP contribution >= 0.6 is 0 Å². The lowest BCUT2D eigenvalue weighted by molar-refractivity contribution is -0.137. The quantitative estimate of drug-likeness (QED) is 0.863. The van der Waals surface area contributed by atoms with Crippen molar-refractivity contribution in [3.63, 3.8) is 0 Å². The van der Waals surface area contributed by atoms with E-state index in [9.17, 15) is 26.7 Å². The van der Waals surface area contributed by atoms with E-state index in [1.54, 1.807) is 24.3 Å². The fraction of sp³-hybridized carbons (Fsp3) is 0.250. The minimum Gasteiger partial charge on any atom is -0.392 e. The average molecular weight is 359 g/mol. The molecule has 0 atom stereocenters. The summed E-state index contributed by atoms with van der Waals surface area (Å²) >= 11 is 0. The second kappa shape index (κ2) is 6.92. The zero-order chi connectivity index (χ0) is 18.0. The smallest absolute Gasteiger partial charge is 0.392 e. The van der Waals surface area contributed by atoms with E-state index in [4.69, 9.17) is 0 Å². The van der Waals surface area contributed by atoms with Gasteiger partial charge in [0.1, 0.15) is 0 Å². The number of aliphatic hydroxyl groups excluding tert-OH is 1. The highest BCUT2D eigenvalue weighted by Crippen LogP contribution is 2.33. The van der Waals surface area contributed by atoms with Gasteiger partial charge < -0.3 is 5.11 Å². The Morgan fingerprint density at radius 1 is 1.12 bits per heavy atom. The van der Waals surface area contributed by atoms with Gasteiger partial charge in [0, 0.05) is 6.54 Å². The van der Waals surface area contributed by atoms with E-state index in [-0.39, 0.29) is 12.1 Å². The first-order valence-corrected chi connectivity index (χ1v) is 8.84. The molecule has 8 heteroatoms. The summed E-state index contributed by atoms with van der Waals surface area (Å²) in [5.41, 5.74) is 1.04. The lowest BCUT2D eigenvalue weighted by Gasteiger charge is -2.13. The molecule has 0 heterocycles. The minimum atomic E-state index is -4.48. The van der Waals surface area contributed by atoms with Crippen LogP contribution in [0.2, 0.25) is 0 Å². The Hall–Kier alpha value is -1.90.